The second-order valence-corrected chi connectivity index (χ2v) is 3.27. The highest BCUT2D eigenvalue weighted by atomic mass is 16.5. The first-order valence-corrected chi connectivity index (χ1v) is 4.30. The molecule has 3 atom stereocenters. The van der Waals surface area contributed by atoms with Crippen LogP contribution in [0.25, 0.3) is 0 Å². The van der Waals surface area contributed by atoms with E-state index in [1.165, 1.54) is 0 Å². The van der Waals surface area contributed by atoms with Gasteiger partial charge in [0.15, 0.2) is 0 Å². The molecule has 68 valence electrons. The van der Waals surface area contributed by atoms with Crippen LogP contribution < -0.4 is 0 Å². The van der Waals surface area contributed by atoms with Gasteiger partial charge in [-0.1, -0.05) is 20.8 Å². The Morgan fingerprint density at radius 3 is 2.27 bits per heavy atom. The third-order valence-electron chi connectivity index (χ3n) is 2.35. The van der Waals surface area contributed by atoms with E-state index < -0.39 is 0 Å². The summed E-state index contributed by atoms with van der Waals surface area (Å²) in [5.41, 5.74) is 0. The molecule has 0 radical (unpaired) electrons. The molecule has 2 heteroatoms. The van der Waals surface area contributed by atoms with E-state index in [0.29, 0.717) is 11.8 Å². The molecule has 0 aromatic carbocycles. The zero-order valence-electron chi connectivity index (χ0n) is 8.00. The van der Waals surface area contributed by atoms with Crippen LogP contribution in [0.2, 0.25) is 0 Å². The van der Waals surface area contributed by atoms with Crippen LogP contribution in [0.15, 0.2) is 0 Å². The van der Waals surface area contributed by atoms with Crippen molar-refractivity contribution in [2.24, 2.45) is 11.8 Å². The van der Waals surface area contributed by atoms with Gasteiger partial charge in [0.25, 0.3) is 0 Å². The Morgan fingerprint density at radius 1 is 1.36 bits per heavy atom. The van der Waals surface area contributed by atoms with Gasteiger partial charge in [-0.25, -0.2) is 0 Å². The van der Waals surface area contributed by atoms with Crippen molar-refractivity contribution in [3.8, 4) is 0 Å². The summed E-state index contributed by atoms with van der Waals surface area (Å²) in [4.78, 5) is 0. The van der Waals surface area contributed by atoms with Gasteiger partial charge in [0.05, 0.1) is 6.10 Å². The lowest BCUT2D eigenvalue weighted by molar-refractivity contribution is 0.0493. The van der Waals surface area contributed by atoms with Crippen molar-refractivity contribution in [3.05, 3.63) is 0 Å². The minimum Gasteiger partial charge on any atom is -0.393 e. The molecular weight excluding hydrogens is 140 g/mol. The van der Waals surface area contributed by atoms with Gasteiger partial charge >= 0.3 is 0 Å². The summed E-state index contributed by atoms with van der Waals surface area (Å²) in [6, 6.07) is 0. The standard InChI is InChI=1S/C9H20O2/c1-5-9(10)8(3)7(2)6-11-4/h7-10H,5-6H2,1-4H3. The Balaban J connectivity index is 3.70. The molecule has 0 aliphatic heterocycles. The molecule has 0 aliphatic carbocycles. The van der Waals surface area contributed by atoms with Gasteiger partial charge in [0.2, 0.25) is 0 Å². The van der Waals surface area contributed by atoms with Crippen LogP contribution in [0.5, 0.6) is 0 Å². The molecule has 0 aliphatic rings. The molecule has 1 N–H and O–H groups in total. The summed E-state index contributed by atoms with van der Waals surface area (Å²) in [5.74, 6) is 0.773. The van der Waals surface area contributed by atoms with E-state index in [4.69, 9.17) is 4.74 Å². The van der Waals surface area contributed by atoms with Gasteiger partial charge in [-0.2, -0.15) is 0 Å². The fourth-order valence-corrected chi connectivity index (χ4v) is 1.17. The summed E-state index contributed by atoms with van der Waals surface area (Å²) in [7, 11) is 1.70. The second-order valence-electron chi connectivity index (χ2n) is 3.27. The predicted molar refractivity (Wildman–Crippen MR) is 46.5 cm³/mol. The third kappa shape index (κ3) is 3.73. The zero-order chi connectivity index (χ0) is 8.85. The van der Waals surface area contributed by atoms with E-state index in [1.807, 2.05) is 6.92 Å². The Bertz CT molecular complexity index is 93.6. The van der Waals surface area contributed by atoms with Crippen molar-refractivity contribution in [1.29, 1.82) is 0 Å². The maximum atomic E-state index is 9.47. The number of hydrogen-bond acceptors (Lipinski definition) is 2. The average Bonchev–Trinajstić information content (AvgIpc) is 2.02. The van der Waals surface area contributed by atoms with Gasteiger partial charge in [-0.3, -0.25) is 0 Å². The number of aliphatic hydroxyl groups excluding tert-OH is 1. The highest BCUT2D eigenvalue weighted by Crippen LogP contribution is 2.17. The van der Waals surface area contributed by atoms with E-state index in [9.17, 15) is 5.11 Å². The first kappa shape index (κ1) is 10.9. The molecule has 0 rings (SSSR count). The van der Waals surface area contributed by atoms with Crippen LogP contribution in [-0.4, -0.2) is 24.9 Å². The predicted octanol–water partition coefficient (Wildman–Crippen LogP) is 1.68. The molecule has 0 saturated carbocycles. The molecule has 0 amide bonds. The minimum absolute atomic E-state index is 0.180. The van der Waals surface area contributed by atoms with Gasteiger partial charge in [-0.05, 0) is 18.3 Å². The van der Waals surface area contributed by atoms with Crippen molar-refractivity contribution < 1.29 is 9.84 Å². The van der Waals surface area contributed by atoms with Crippen LogP contribution in [0.1, 0.15) is 27.2 Å². The number of ether oxygens (including phenoxy) is 1. The van der Waals surface area contributed by atoms with Crippen LogP contribution in [-0.2, 0) is 4.74 Å². The average molecular weight is 160 g/mol. The largest absolute Gasteiger partial charge is 0.393 e. The van der Waals surface area contributed by atoms with Gasteiger partial charge in [0.1, 0.15) is 0 Å². The number of hydrogen-bond donors (Lipinski definition) is 1. The summed E-state index contributed by atoms with van der Waals surface area (Å²) in [6.45, 7) is 6.91. The highest BCUT2D eigenvalue weighted by molar-refractivity contribution is 4.68. The van der Waals surface area contributed by atoms with Crippen LogP contribution in [0.3, 0.4) is 0 Å². The van der Waals surface area contributed by atoms with E-state index >= 15 is 0 Å². The van der Waals surface area contributed by atoms with E-state index in [0.717, 1.165) is 13.0 Å². The minimum atomic E-state index is -0.180. The van der Waals surface area contributed by atoms with Crippen LogP contribution in [0, 0.1) is 11.8 Å². The molecule has 0 fully saturated rings. The molecule has 0 aromatic heterocycles. The van der Waals surface area contributed by atoms with Crippen molar-refractivity contribution in [2.45, 2.75) is 33.3 Å². The van der Waals surface area contributed by atoms with E-state index in [1.54, 1.807) is 7.11 Å². The van der Waals surface area contributed by atoms with Crippen molar-refractivity contribution in [2.75, 3.05) is 13.7 Å². The van der Waals surface area contributed by atoms with E-state index in [2.05, 4.69) is 13.8 Å². The first-order chi connectivity index (χ1) is 5.13. The maximum absolute atomic E-state index is 9.47. The molecular formula is C9H20O2. The Hall–Kier alpha value is -0.0800. The van der Waals surface area contributed by atoms with Gasteiger partial charge in [0, 0.05) is 13.7 Å². The second kappa shape index (κ2) is 5.56. The van der Waals surface area contributed by atoms with Crippen molar-refractivity contribution in [3.63, 3.8) is 0 Å². The van der Waals surface area contributed by atoms with Crippen LogP contribution >= 0.6 is 0 Å². The highest BCUT2D eigenvalue weighted by Gasteiger charge is 2.18. The molecule has 0 bridgehead atoms. The van der Waals surface area contributed by atoms with Crippen molar-refractivity contribution in [1.82, 2.24) is 0 Å². The molecule has 0 saturated heterocycles. The number of rotatable bonds is 5. The molecule has 2 nitrogen and oxygen atoms in total. The third-order valence-corrected chi connectivity index (χ3v) is 2.35. The summed E-state index contributed by atoms with van der Waals surface area (Å²) in [6.07, 6.45) is 0.648. The molecule has 0 heterocycles. The topological polar surface area (TPSA) is 29.5 Å². The van der Waals surface area contributed by atoms with Crippen LogP contribution in [0.4, 0.5) is 0 Å². The number of methoxy groups -OCH3 is 1. The Kier molecular flexibility index (Phi) is 5.51. The fraction of sp³-hybridized carbons (Fsp3) is 1.00. The molecule has 3 unspecified atom stereocenters. The fourth-order valence-electron chi connectivity index (χ4n) is 1.17. The lowest BCUT2D eigenvalue weighted by Gasteiger charge is -2.23. The summed E-state index contributed by atoms with van der Waals surface area (Å²) < 4.78 is 5.01. The molecule has 0 spiro atoms. The van der Waals surface area contributed by atoms with Gasteiger partial charge in [-0.15, -0.1) is 0 Å². The van der Waals surface area contributed by atoms with E-state index in [-0.39, 0.29) is 6.10 Å². The quantitative estimate of drug-likeness (QED) is 0.663. The zero-order valence-corrected chi connectivity index (χ0v) is 8.00. The summed E-state index contributed by atoms with van der Waals surface area (Å²) >= 11 is 0. The lowest BCUT2D eigenvalue weighted by atomic mass is 9.90. The Labute approximate surface area is 69.6 Å². The normalized spacial score (nSPS) is 19.4. The maximum Gasteiger partial charge on any atom is 0.0566 e. The molecule has 0 aromatic rings. The smallest absolute Gasteiger partial charge is 0.0566 e. The Morgan fingerprint density at radius 2 is 1.91 bits per heavy atom. The molecule has 11 heavy (non-hydrogen) atoms. The van der Waals surface area contributed by atoms with Crippen molar-refractivity contribution >= 4 is 0 Å². The SMILES string of the molecule is CCC(O)C(C)C(C)COC. The monoisotopic (exact) mass is 160 g/mol. The lowest BCUT2D eigenvalue weighted by Crippen LogP contribution is -2.25. The number of aliphatic hydroxyl groups is 1. The van der Waals surface area contributed by atoms with Gasteiger partial charge < -0.3 is 9.84 Å². The summed E-state index contributed by atoms with van der Waals surface area (Å²) in [5, 5.41) is 9.47. The first-order valence-electron chi connectivity index (χ1n) is 4.30.